The first-order valence-corrected chi connectivity index (χ1v) is 12.0. The van der Waals surface area contributed by atoms with Gasteiger partial charge in [-0.05, 0) is 42.8 Å². The Kier molecular flexibility index (Phi) is 6.22. The zero-order valence-corrected chi connectivity index (χ0v) is 18.9. The number of benzene rings is 1. The van der Waals surface area contributed by atoms with Gasteiger partial charge in [0.1, 0.15) is 5.75 Å². The van der Waals surface area contributed by atoms with Gasteiger partial charge in [-0.1, -0.05) is 6.07 Å². The Balaban J connectivity index is 1.45. The van der Waals surface area contributed by atoms with Gasteiger partial charge in [0.15, 0.2) is 11.6 Å². The number of hydrogen-bond donors (Lipinski definition) is 0. The lowest BCUT2D eigenvalue weighted by molar-refractivity contribution is -0.131. The van der Waals surface area contributed by atoms with E-state index in [-0.39, 0.29) is 11.7 Å². The summed E-state index contributed by atoms with van der Waals surface area (Å²) >= 11 is 1.56. The molecule has 9 heteroatoms. The monoisotopic (exact) mass is 470 g/mol. The first-order chi connectivity index (χ1) is 16.1. The number of carbonyl (C=O) groups excluding carboxylic acids is 1. The molecule has 3 aromatic rings. The van der Waals surface area contributed by atoms with Gasteiger partial charge in [-0.25, -0.2) is 13.8 Å². The van der Waals surface area contributed by atoms with E-state index in [1.807, 2.05) is 17.5 Å². The number of ether oxygens (including phenoxy) is 1. The Bertz CT molecular complexity index is 1150. The molecule has 0 N–H and O–H groups in total. The zero-order valence-electron chi connectivity index (χ0n) is 18.1. The third kappa shape index (κ3) is 4.83. The number of piperidine rings is 1. The van der Waals surface area contributed by atoms with E-state index < -0.39 is 11.6 Å². The van der Waals surface area contributed by atoms with E-state index in [1.54, 1.807) is 16.2 Å². The normalized spacial score (nSPS) is 15.9. The van der Waals surface area contributed by atoms with Crippen LogP contribution >= 0.6 is 11.3 Å². The average molecular weight is 471 g/mol. The second-order valence-electron chi connectivity index (χ2n) is 8.30. The van der Waals surface area contributed by atoms with Gasteiger partial charge in [-0.2, -0.15) is 4.98 Å². The maximum Gasteiger partial charge on any atom is 0.229 e. The molecule has 2 aliphatic rings. The molecule has 6 nitrogen and oxygen atoms in total. The van der Waals surface area contributed by atoms with E-state index >= 15 is 0 Å². The van der Waals surface area contributed by atoms with Gasteiger partial charge in [-0.15, -0.1) is 11.3 Å². The number of rotatable bonds is 5. The van der Waals surface area contributed by atoms with E-state index in [1.165, 1.54) is 12.5 Å². The van der Waals surface area contributed by atoms with Crippen molar-refractivity contribution in [2.24, 2.45) is 0 Å². The van der Waals surface area contributed by atoms with Crippen molar-refractivity contribution in [2.75, 3.05) is 24.5 Å². The Morgan fingerprint density at radius 1 is 1.06 bits per heavy atom. The van der Waals surface area contributed by atoms with E-state index in [0.717, 1.165) is 48.6 Å². The molecule has 5 rings (SSSR count). The maximum absolute atomic E-state index is 13.8. The Morgan fingerprint density at radius 3 is 2.67 bits per heavy atom. The van der Waals surface area contributed by atoms with Gasteiger partial charge in [0.2, 0.25) is 17.7 Å². The molecule has 0 unspecified atom stereocenters. The van der Waals surface area contributed by atoms with Gasteiger partial charge in [0, 0.05) is 37.0 Å². The van der Waals surface area contributed by atoms with Crippen LogP contribution in [0.2, 0.25) is 0 Å². The highest BCUT2D eigenvalue weighted by molar-refractivity contribution is 7.10. The summed E-state index contributed by atoms with van der Waals surface area (Å²) in [6.07, 6.45) is 4.26. The highest BCUT2D eigenvalue weighted by Crippen LogP contribution is 2.33. The van der Waals surface area contributed by atoms with Crippen LogP contribution in [-0.2, 0) is 24.2 Å². The zero-order chi connectivity index (χ0) is 22.8. The SMILES string of the molecule is O=C(Cc1cccs1)N1CCc2nc(N3CCCCC3)nc(Oc3ccc(F)c(F)c3)c2C1. The predicted octanol–water partition coefficient (Wildman–Crippen LogP) is 4.73. The number of aromatic nitrogens is 2. The third-order valence-electron chi connectivity index (χ3n) is 6.01. The molecule has 4 heterocycles. The van der Waals surface area contributed by atoms with Gasteiger partial charge < -0.3 is 14.5 Å². The molecule has 2 aromatic heterocycles. The number of anilines is 1. The van der Waals surface area contributed by atoms with Gasteiger partial charge in [-0.3, -0.25) is 4.79 Å². The summed E-state index contributed by atoms with van der Waals surface area (Å²) in [5, 5.41) is 1.96. The fourth-order valence-electron chi connectivity index (χ4n) is 4.23. The number of nitrogens with zero attached hydrogens (tertiary/aromatic N) is 4. The van der Waals surface area contributed by atoms with Gasteiger partial charge in [0.05, 0.1) is 24.2 Å². The number of hydrogen-bond acceptors (Lipinski definition) is 6. The molecule has 1 aromatic carbocycles. The van der Waals surface area contributed by atoms with Crippen molar-refractivity contribution in [3.05, 3.63) is 63.5 Å². The highest BCUT2D eigenvalue weighted by Gasteiger charge is 2.28. The lowest BCUT2D eigenvalue weighted by atomic mass is 10.1. The molecule has 1 amide bonds. The standard InChI is InChI=1S/C24H24F2N4O2S/c25-19-7-6-16(13-20(19)26)32-23-18-15-30(22(31)14-17-5-4-12-33-17)11-8-21(18)27-24(28-23)29-9-2-1-3-10-29/h4-7,12-13H,1-3,8-11,14-15H2. The van der Waals surface area contributed by atoms with Crippen LogP contribution in [0.3, 0.4) is 0 Å². The van der Waals surface area contributed by atoms with E-state index in [4.69, 9.17) is 9.72 Å². The van der Waals surface area contributed by atoms with Crippen molar-refractivity contribution in [2.45, 2.75) is 38.6 Å². The third-order valence-corrected chi connectivity index (χ3v) is 6.89. The smallest absolute Gasteiger partial charge is 0.229 e. The summed E-state index contributed by atoms with van der Waals surface area (Å²) < 4.78 is 33.2. The van der Waals surface area contributed by atoms with E-state index in [9.17, 15) is 13.6 Å². The Labute approximate surface area is 194 Å². The maximum atomic E-state index is 13.8. The topological polar surface area (TPSA) is 58.6 Å². The fraction of sp³-hybridized carbons (Fsp3) is 0.375. The van der Waals surface area contributed by atoms with Crippen molar-refractivity contribution in [3.63, 3.8) is 0 Å². The first-order valence-electron chi connectivity index (χ1n) is 11.1. The number of carbonyl (C=O) groups is 1. The van der Waals surface area contributed by atoms with Crippen LogP contribution in [0.15, 0.2) is 35.7 Å². The molecule has 0 bridgehead atoms. The number of fused-ring (bicyclic) bond motifs is 1. The molecule has 1 saturated heterocycles. The summed E-state index contributed by atoms with van der Waals surface area (Å²) in [6, 6.07) is 7.29. The molecule has 1 fully saturated rings. The van der Waals surface area contributed by atoms with Crippen LogP contribution < -0.4 is 9.64 Å². The van der Waals surface area contributed by atoms with Crippen molar-refractivity contribution in [1.82, 2.24) is 14.9 Å². The second-order valence-corrected chi connectivity index (χ2v) is 9.33. The van der Waals surface area contributed by atoms with Crippen LogP contribution in [0.4, 0.5) is 14.7 Å². The average Bonchev–Trinajstić information content (AvgIpc) is 3.34. The summed E-state index contributed by atoms with van der Waals surface area (Å²) in [5.74, 6) is -0.862. The quantitative estimate of drug-likeness (QED) is 0.540. The van der Waals surface area contributed by atoms with E-state index in [2.05, 4.69) is 9.88 Å². The molecule has 172 valence electrons. The lowest BCUT2D eigenvalue weighted by Crippen LogP contribution is -2.38. The summed E-state index contributed by atoms with van der Waals surface area (Å²) in [6.45, 7) is 2.63. The minimum absolute atomic E-state index is 0.0296. The molecule has 0 saturated carbocycles. The molecule has 0 atom stereocenters. The van der Waals surface area contributed by atoms with Gasteiger partial charge >= 0.3 is 0 Å². The van der Waals surface area contributed by atoms with Crippen LogP contribution in [-0.4, -0.2) is 40.4 Å². The molecule has 33 heavy (non-hydrogen) atoms. The number of amides is 1. The molecular formula is C24H24F2N4O2S. The van der Waals surface area contributed by atoms with Gasteiger partial charge in [0.25, 0.3) is 0 Å². The summed E-state index contributed by atoms with van der Waals surface area (Å²) in [7, 11) is 0. The number of thiophene rings is 1. The summed E-state index contributed by atoms with van der Waals surface area (Å²) in [5.41, 5.74) is 1.55. The summed E-state index contributed by atoms with van der Waals surface area (Å²) in [4.78, 5) is 27.3. The van der Waals surface area contributed by atoms with Crippen LogP contribution in [0, 0.1) is 11.6 Å². The van der Waals surface area contributed by atoms with Crippen LogP contribution in [0.1, 0.15) is 35.4 Å². The molecule has 2 aliphatic heterocycles. The lowest BCUT2D eigenvalue weighted by Gasteiger charge is -2.32. The molecule has 0 spiro atoms. The minimum atomic E-state index is -0.987. The minimum Gasteiger partial charge on any atom is -0.438 e. The fourth-order valence-corrected chi connectivity index (χ4v) is 4.93. The molecule has 0 radical (unpaired) electrons. The number of halogens is 2. The second kappa shape index (κ2) is 9.43. The van der Waals surface area contributed by atoms with E-state index in [0.29, 0.717) is 43.3 Å². The predicted molar refractivity (Wildman–Crippen MR) is 122 cm³/mol. The molecule has 0 aliphatic carbocycles. The van der Waals surface area contributed by atoms with Crippen molar-refractivity contribution >= 4 is 23.2 Å². The highest BCUT2D eigenvalue weighted by atomic mass is 32.1. The molecular weight excluding hydrogens is 446 g/mol. The Morgan fingerprint density at radius 2 is 1.91 bits per heavy atom. The van der Waals surface area contributed by atoms with Crippen LogP contribution in [0.25, 0.3) is 0 Å². The van der Waals surface area contributed by atoms with Crippen molar-refractivity contribution in [1.29, 1.82) is 0 Å². The largest absolute Gasteiger partial charge is 0.438 e. The van der Waals surface area contributed by atoms with Crippen LogP contribution in [0.5, 0.6) is 11.6 Å². The Hall–Kier alpha value is -3.07. The van der Waals surface area contributed by atoms with Crippen molar-refractivity contribution < 1.29 is 18.3 Å². The van der Waals surface area contributed by atoms with Crippen molar-refractivity contribution in [3.8, 4) is 11.6 Å². The first kappa shape index (κ1) is 21.8.